The van der Waals surface area contributed by atoms with Crippen LogP contribution in [0.15, 0.2) is 24.3 Å². The van der Waals surface area contributed by atoms with E-state index in [9.17, 15) is 9.59 Å². The molecule has 1 aromatic carbocycles. The van der Waals surface area contributed by atoms with Crippen molar-refractivity contribution in [3.63, 3.8) is 0 Å². The number of halogens is 1. The third-order valence-electron chi connectivity index (χ3n) is 3.03. The van der Waals surface area contributed by atoms with Crippen LogP contribution in [0.25, 0.3) is 0 Å². The molecule has 0 spiro atoms. The number of amides is 1. The van der Waals surface area contributed by atoms with E-state index >= 15 is 0 Å². The van der Waals surface area contributed by atoms with Crippen LogP contribution >= 0.6 is 12.4 Å². The van der Waals surface area contributed by atoms with Gasteiger partial charge in [0.05, 0.1) is 13.2 Å². The molecule has 0 bridgehead atoms. The molecular weight excluding hydrogens is 268 g/mol. The molecule has 0 saturated heterocycles. The van der Waals surface area contributed by atoms with Crippen LogP contribution in [0.4, 0.5) is 0 Å². The first-order chi connectivity index (χ1) is 8.70. The molecule has 1 aliphatic rings. The number of ether oxygens (including phenoxy) is 1. The van der Waals surface area contributed by atoms with Gasteiger partial charge in [-0.2, -0.15) is 0 Å². The molecular formula is C13H17ClN2O3. The zero-order chi connectivity index (χ0) is 13.0. The van der Waals surface area contributed by atoms with E-state index in [0.29, 0.717) is 13.0 Å². The average molecular weight is 285 g/mol. The van der Waals surface area contributed by atoms with Gasteiger partial charge >= 0.3 is 5.97 Å². The quantitative estimate of drug-likeness (QED) is 0.789. The zero-order valence-corrected chi connectivity index (χ0v) is 11.5. The monoisotopic (exact) mass is 284 g/mol. The third kappa shape index (κ3) is 3.94. The summed E-state index contributed by atoms with van der Waals surface area (Å²) < 4.78 is 4.47. The van der Waals surface area contributed by atoms with Crippen LogP contribution in [0, 0.1) is 0 Å². The summed E-state index contributed by atoms with van der Waals surface area (Å²) in [7, 11) is 1.30. The lowest BCUT2D eigenvalue weighted by molar-refractivity contribution is -0.141. The predicted molar refractivity (Wildman–Crippen MR) is 73.0 cm³/mol. The highest BCUT2D eigenvalue weighted by Crippen LogP contribution is 2.16. The van der Waals surface area contributed by atoms with Gasteiger partial charge in [0, 0.05) is 6.54 Å². The van der Waals surface area contributed by atoms with Crippen LogP contribution in [-0.2, 0) is 27.3 Å². The predicted octanol–water partition coefficient (Wildman–Crippen LogP) is 0.412. The first-order valence-electron chi connectivity index (χ1n) is 5.85. The molecule has 2 N–H and O–H groups in total. The number of methoxy groups -OCH3 is 1. The third-order valence-corrected chi connectivity index (χ3v) is 3.03. The largest absolute Gasteiger partial charge is 0.468 e. The fourth-order valence-corrected chi connectivity index (χ4v) is 1.99. The smallest absolute Gasteiger partial charge is 0.325 e. The van der Waals surface area contributed by atoms with Gasteiger partial charge in [0.2, 0.25) is 5.91 Å². The Morgan fingerprint density at radius 1 is 1.37 bits per heavy atom. The fourth-order valence-electron chi connectivity index (χ4n) is 1.99. The Kier molecular flexibility index (Phi) is 5.79. The highest BCUT2D eigenvalue weighted by molar-refractivity contribution is 5.86. The van der Waals surface area contributed by atoms with Crippen molar-refractivity contribution in [1.82, 2.24) is 10.6 Å². The van der Waals surface area contributed by atoms with Crippen molar-refractivity contribution < 1.29 is 14.3 Å². The number of benzene rings is 1. The van der Waals surface area contributed by atoms with Crippen molar-refractivity contribution in [2.45, 2.75) is 19.0 Å². The summed E-state index contributed by atoms with van der Waals surface area (Å²) in [5, 5.41) is 5.71. The Morgan fingerprint density at radius 2 is 2.05 bits per heavy atom. The van der Waals surface area contributed by atoms with Gasteiger partial charge in [-0.05, 0) is 17.5 Å². The molecule has 0 aliphatic carbocycles. The maximum absolute atomic E-state index is 11.8. The number of hydrogen-bond donors (Lipinski definition) is 2. The molecule has 6 heteroatoms. The lowest BCUT2D eigenvalue weighted by Crippen LogP contribution is -2.48. The molecule has 0 saturated carbocycles. The van der Waals surface area contributed by atoms with Crippen molar-refractivity contribution in [1.29, 1.82) is 0 Å². The van der Waals surface area contributed by atoms with E-state index in [1.807, 2.05) is 24.3 Å². The fraction of sp³-hybridized carbons (Fsp3) is 0.385. The van der Waals surface area contributed by atoms with E-state index in [1.54, 1.807) is 0 Å². The normalized spacial score (nSPS) is 16.8. The van der Waals surface area contributed by atoms with E-state index in [2.05, 4.69) is 15.4 Å². The standard InChI is InChI=1S/C13H16N2O3.ClH/c1-18-12(16)8-15-13(17)11-6-9-4-2-3-5-10(9)7-14-11;/h2-5,11,14H,6-8H2,1H3,(H,15,17);1H. The number of fused-ring (bicyclic) bond motifs is 1. The Morgan fingerprint density at radius 3 is 2.74 bits per heavy atom. The molecule has 0 radical (unpaired) electrons. The Balaban J connectivity index is 0.00000180. The minimum absolute atomic E-state index is 0. The van der Waals surface area contributed by atoms with E-state index in [0.717, 1.165) is 0 Å². The topological polar surface area (TPSA) is 67.4 Å². The van der Waals surface area contributed by atoms with Gasteiger partial charge in [0.15, 0.2) is 0 Å². The Hall–Kier alpha value is -1.59. The highest BCUT2D eigenvalue weighted by atomic mass is 35.5. The number of rotatable bonds is 3. The minimum atomic E-state index is -0.445. The van der Waals surface area contributed by atoms with Crippen LogP contribution in [0.2, 0.25) is 0 Å². The van der Waals surface area contributed by atoms with Crippen molar-refractivity contribution >= 4 is 24.3 Å². The molecule has 1 aromatic rings. The summed E-state index contributed by atoms with van der Waals surface area (Å²) in [5.74, 6) is -0.616. The lowest BCUT2D eigenvalue weighted by atomic mass is 9.95. The Bertz CT molecular complexity index is 465. The maximum Gasteiger partial charge on any atom is 0.325 e. The van der Waals surface area contributed by atoms with Crippen molar-refractivity contribution in [3.05, 3.63) is 35.4 Å². The SMILES string of the molecule is COC(=O)CNC(=O)C1Cc2ccccc2CN1.Cl. The number of carbonyl (C=O) groups excluding carboxylic acids is 2. The summed E-state index contributed by atoms with van der Waals surface area (Å²) in [4.78, 5) is 22.8. The van der Waals surface area contributed by atoms with E-state index in [-0.39, 0.29) is 30.9 Å². The first kappa shape index (κ1) is 15.5. The number of esters is 1. The highest BCUT2D eigenvalue weighted by Gasteiger charge is 2.23. The second kappa shape index (κ2) is 7.11. The number of nitrogens with one attached hydrogen (secondary N) is 2. The molecule has 0 fully saturated rings. The average Bonchev–Trinajstić information content (AvgIpc) is 2.43. The van der Waals surface area contributed by atoms with Gasteiger partial charge in [-0.25, -0.2) is 0 Å². The molecule has 104 valence electrons. The van der Waals surface area contributed by atoms with Crippen LogP contribution in [0.5, 0.6) is 0 Å². The van der Waals surface area contributed by atoms with Gasteiger partial charge < -0.3 is 15.4 Å². The van der Waals surface area contributed by atoms with Gasteiger partial charge in [-0.1, -0.05) is 24.3 Å². The molecule has 5 nitrogen and oxygen atoms in total. The van der Waals surface area contributed by atoms with E-state index < -0.39 is 5.97 Å². The van der Waals surface area contributed by atoms with Crippen molar-refractivity contribution in [2.75, 3.05) is 13.7 Å². The van der Waals surface area contributed by atoms with Gasteiger partial charge in [-0.15, -0.1) is 12.4 Å². The first-order valence-corrected chi connectivity index (χ1v) is 5.85. The zero-order valence-electron chi connectivity index (χ0n) is 10.6. The maximum atomic E-state index is 11.8. The molecule has 0 aromatic heterocycles. The minimum Gasteiger partial charge on any atom is -0.468 e. The summed E-state index contributed by atoms with van der Waals surface area (Å²) in [6, 6.07) is 7.73. The Labute approximate surface area is 118 Å². The summed E-state index contributed by atoms with van der Waals surface area (Å²) >= 11 is 0. The van der Waals surface area contributed by atoms with Crippen LogP contribution in [0.1, 0.15) is 11.1 Å². The van der Waals surface area contributed by atoms with Crippen LogP contribution < -0.4 is 10.6 Å². The second-order valence-electron chi connectivity index (χ2n) is 4.20. The van der Waals surface area contributed by atoms with Gasteiger partial charge in [-0.3, -0.25) is 9.59 Å². The molecule has 1 amide bonds. The van der Waals surface area contributed by atoms with Crippen molar-refractivity contribution in [3.8, 4) is 0 Å². The van der Waals surface area contributed by atoms with E-state index in [4.69, 9.17) is 0 Å². The van der Waals surface area contributed by atoms with Gasteiger partial charge in [0.1, 0.15) is 6.54 Å². The number of hydrogen-bond acceptors (Lipinski definition) is 4. The van der Waals surface area contributed by atoms with Gasteiger partial charge in [0.25, 0.3) is 0 Å². The van der Waals surface area contributed by atoms with Crippen molar-refractivity contribution in [2.24, 2.45) is 0 Å². The molecule has 2 rings (SSSR count). The lowest BCUT2D eigenvalue weighted by Gasteiger charge is -2.25. The summed E-state index contributed by atoms with van der Waals surface area (Å²) in [5.41, 5.74) is 2.39. The van der Waals surface area contributed by atoms with Crippen LogP contribution in [0.3, 0.4) is 0 Å². The molecule has 1 aliphatic heterocycles. The van der Waals surface area contributed by atoms with Crippen LogP contribution in [-0.4, -0.2) is 31.6 Å². The molecule has 1 heterocycles. The number of carbonyl (C=O) groups is 2. The summed E-state index contributed by atoms with van der Waals surface area (Å²) in [6.45, 7) is 0.585. The molecule has 1 atom stereocenters. The molecule has 1 unspecified atom stereocenters. The second-order valence-corrected chi connectivity index (χ2v) is 4.20. The summed E-state index contributed by atoms with van der Waals surface area (Å²) in [6.07, 6.45) is 0.642. The van der Waals surface area contributed by atoms with E-state index in [1.165, 1.54) is 18.2 Å². The molecule has 19 heavy (non-hydrogen) atoms.